The molecule has 0 saturated carbocycles. The number of benzene rings is 1. The van der Waals surface area contributed by atoms with Gasteiger partial charge in [-0.1, -0.05) is 17.7 Å². The van der Waals surface area contributed by atoms with Crippen molar-refractivity contribution in [2.45, 2.75) is 19.8 Å². The Bertz CT molecular complexity index is 783. The van der Waals surface area contributed by atoms with Gasteiger partial charge in [-0.3, -0.25) is 9.59 Å². The predicted octanol–water partition coefficient (Wildman–Crippen LogP) is 0.869. The van der Waals surface area contributed by atoms with E-state index in [1.807, 2.05) is 31.2 Å². The van der Waals surface area contributed by atoms with Crippen molar-refractivity contribution in [3.05, 3.63) is 29.8 Å². The third-order valence-corrected chi connectivity index (χ3v) is 7.00. The molecule has 8 heteroatoms. The van der Waals surface area contributed by atoms with Crippen molar-refractivity contribution in [2.24, 2.45) is 5.92 Å². The van der Waals surface area contributed by atoms with E-state index >= 15 is 0 Å². The number of hydrogen-bond donors (Lipinski definition) is 0. The molecule has 0 spiro atoms. The second-order valence-electron chi connectivity index (χ2n) is 7.34. The molecular formula is C19H26N2O5S. The van der Waals surface area contributed by atoms with E-state index < -0.39 is 9.84 Å². The molecule has 148 valence electrons. The Morgan fingerprint density at radius 3 is 2.19 bits per heavy atom. The van der Waals surface area contributed by atoms with Crippen LogP contribution in [0.25, 0.3) is 0 Å². The van der Waals surface area contributed by atoms with E-state index in [1.165, 1.54) is 0 Å². The minimum Gasteiger partial charge on any atom is -0.484 e. The van der Waals surface area contributed by atoms with Crippen LogP contribution in [0.1, 0.15) is 18.4 Å². The number of hydrogen-bond acceptors (Lipinski definition) is 5. The maximum Gasteiger partial charge on any atom is 0.260 e. The summed E-state index contributed by atoms with van der Waals surface area (Å²) in [4.78, 5) is 28.1. The summed E-state index contributed by atoms with van der Waals surface area (Å²) in [7, 11) is -2.96. The van der Waals surface area contributed by atoms with Gasteiger partial charge in [0.05, 0.1) is 11.5 Å². The highest BCUT2D eigenvalue weighted by Gasteiger charge is 2.32. The lowest BCUT2D eigenvalue weighted by atomic mass is 10.0. The highest BCUT2D eigenvalue weighted by molar-refractivity contribution is 7.91. The van der Waals surface area contributed by atoms with Crippen LogP contribution in [0.15, 0.2) is 24.3 Å². The van der Waals surface area contributed by atoms with E-state index in [1.54, 1.807) is 9.80 Å². The number of nitrogens with zero attached hydrogens (tertiary/aromatic N) is 2. The van der Waals surface area contributed by atoms with Gasteiger partial charge >= 0.3 is 0 Å². The lowest BCUT2D eigenvalue weighted by molar-refractivity contribution is -0.141. The Labute approximate surface area is 160 Å². The molecule has 1 atom stereocenters. The van der Waals surface area contributed by atoms with Crippen molar-refractivity contribution in [1.29, 1.82) is 0 Å². The number of amides is 2. The molecule has 2 aliphatic heterocycles. The van der Waals surface area contributed by atoms with E-state index in [0.717, 1.165) is 5.56 Å². The Morgan fingerprint density at radius 1 is 1.04 bits per heavy atom. The van der Waals surface area contributed by atoms with Crippen molar-refractivity contribution in [2.75, 3.05) is 44.3 Å². The molecule has 0 radical (unpaired) electrons. The van der Waals surface area contributed by atoms with Crippen LogP contribution in [-0.2, 0) is 19.4 Å². The fraction of sp³-hybridized carbons (Fsp3) is 0.579. The number of carbonyl (C=O) groups excluding carboxylic acids is 2. The van der Waals surface area contributed by atoms with Gasteiger partial charge in [-0.2, -0.15) is 0 Å². The van der Waals surface area contributed by atoms with Gasteiger partial charge in [0.25, 0.3) is 5.91 Å². The van der Waals surface area contributed by atoms with Crippen molar-refractivity contribution in [3.63, 3.8) is 0 Å². The number of carbonyl (C=O) groups is 2. The van der Waals surface area contributed by atoms with Crippen molar-refractivity contribution in [1.82, 2.24) is 9.80 Å². The van der Waals surface area contributed by atoms with Crippen LogP contribution < -0.4 is 4.74 Å². The van der Waals surface area contributed by atoms with E-state index in [2.05, 4.69) is 0 Å². The summed E-state index contributed by atoms with van der Waals surface area (Å²) in [5.74, 6) is 0.797. The zero-order valence-electron chi connectivity index (χ0n) is 15.6. The summed E-state index contributed by atoms with van der Waals surface area (Å²) >= 11 is 0. The normalized spacial score (nSPS) is 21.9. The Balaban J connectivity index is 1.40. The van der Waals surface area contributed by atoms with Crippen LogP contribution in [0.5, 0.6) is 5.75 Å². The summed E-state index contributed by atoms with van der Waals surface area (Å²) in [6.45, 7) is 3.89. The van der Waals surface area contributed by atoms with Crippen LogP contribution in [0, 0.1) is 12.8 Å². The van der Waals surface area contributed by atoms with Crippen LogP contribution in [0.3, 0.4) is 0 Å². The summed E-state index contributed by atoms with van der Waals surface area (Å²) < 4.78 is 28.6. The minimum atomic E-state index is -2.96. The van der Waals surface area contributed by atoms with E-state index in [0.29, 0.717) is 38.3 Å². The van der Waals surface area contributed by atoms with Gasteiger partial charge in [0.2, 0.25) is 5.91 Å². The number of ether oxygens (including phenoxy) is 1. The molecular weight excluding hydrogens is 368 g/mol. The second-order valence-corrected chi connectivity index (χ2v) is 9.57. The molecule has 2 amide bonds. The largest absolute Gasteiger partial charge is 0.484 e. The first-order valence-corrected chi connectivity index (χ1v) is 11.1. The molecule has 2 aliphatic rings. The van der Waals surface area contributed by atoms with Gasteiger partial charge in [-0.05, 0) is 31.4 Å². The van der Waals surface area contributed by atoms with Crippen molar-refractivity contribution in [3.8, 4) is 5.75 Å². The topological polar surface area (TPSA) is 84.0 Å². The third kappa shape index (κ3) is 5.45. The SMILES string of the molecule is Cc1ccc(OCC(=O)N2CCN(C(=O)CC3CCS(=O)(=O)C3)CC2)cc1. The first-order valence-electron chi connectivity index (χ1n) is 9.28. The van der Waals surface area contributed by atoms with E-state index in [4.69, 9.17) is 4.74 Å². The number of piperazine rings is 1. The first kappa shape index (κ1) is 19.7. The predicted molar refractivity (Wildman–Crippen MR) is 101 cm³/mol. The van der Waals surface area contributed by atoms with Gasteiger partial charge in [0, 0.05) is 32.6 Å². The summed E-state index contributed by atoms with van der Waals surface area (Å²) in [6.07, 6.45) is 0.854. The highest BCUT2D eigenvalue weighted by Crippen LogP contribution is 2.22. The van der Waals surface area contributed by atoms with Gasteiger partial charge < -0.3 is 14.5 Å². The van der Waals surface area contributed by atoms with Crippen molar-refractivity contribution < 1.29 is 22.7 Å². The molecule has 0 bridgehead atoms. The van der Waals surface area contributed by atoms with Gasteiger partial charge in [0.1, 0.15) is 5.75 Å². The summed E-state index contributed by atoms with van der Waals surface area (Å²) in [5.41, 5.74) is 1.13. The summed E-state index contributed by atoms with van der Waals surface area (Å²) in [5, 5.41) is 0. The quantitative estimate of drug-likeness (QED) is 0.740. The van der Waals surface area contributed by atoms with Crippen LogP contribution >= 0.6 is 0 Å². The van der Waals surface area contributed by atoms with E-state index in [9.17, 15) is 18.0 Å². The van der Waals surface area contributed by atoms with Crippen molar-refractivity contribution >= 4 is 21.7 Å². The molecule has 1 unspecified atom stereocenters. The first-order chi connectivity index (χ1) is 12.8. The van der Waals surface area contributed by atoms with Crippen LogP contribution in [0.2, 0.25) is 0 Å². The van der Waals surface area contributed by atoms with E-state index in [-0.39, 0.29) is 42.3 Å². The average molecular weight is 394 g/mol. The molecule has 1 aromatic carbocycles. The molecule has 0 N–H and O–H groups in total. The fourth-order valence-corrected chi connectivity index (χ4v) is 5.35. The summed E-state index contributed by atoms with van der Waals surface area (Å²) in [6, 6.07) is 7.53. The monoisotopic (exact) mass is 394 g/mol. The fourth-order valence-electron chi connectivity index (χ4n) is 3.49. The Hall–Kier alpha value is -2.09. The molecule has 0 aliphatic carbocycles. The molecule has 1 aromatic rings. The standard InChI is InChI=1S/C19H26N2O5S/c1-15-2-4-17(5-3-15)26-13-19(23)21-9-7-20(8-10-21)18(22)12-16-6-11-27(24,25)14-16/h2-5,16H,6-14H2,1H3. The Morgan fingerprint density at radius 2 is 1.63 bits per heavy atom. The zero-order chi connectivity index (χ0) is 19.4. The Kier molecular flexibility index (Phi) is 6.04. The number of aryl methyl sites for hydroxylation is 1. The molecule has 2 saturated heterocycles. The smallest absolute Gasteiger partial charge is 0.260 e. The second kappa shape index (κ2) is 8.29. The molecule has 27 heavy (non-hydrogen) atoms. The third-order valence-electron chi connectivity index (χ3n) is 5.16. The van der Waals surface area contributed by atoms with Gasteiger partial charge in [0.15, 0.2) is 16.4 Å². The lowest BCUT2D eigenvalue weighted by Crippen LogP contribution is -2.51. The lowest BCUT2D eigenvalue weighted by Gasteiger charge is -2.35. The minimum absolute atomic E-state index is 0.0138. The van der Waals surface area contributed by atoms with Crippen LogP contribution in [-0.4, -0.2) is 74.3 Å². The maximum atomic E-state index is 12.4. The zero-order valence-corrected chi connectivity index (χ0v) is 16.4. The number of sulfone groups is 1. The molecule has 0 aromatic heterocycles. The molecule has 2 heterocycles. The maximum absolute atomic E-state index is 12.4. The highest BCUT2D eigenvalue weighted by atomic mass is 32.2. The average Bonchev–Trinajstić information content (AvgIpc) is 2.99. The molecule has 7 nitrogen and oxygen atoms in total. The molecule has 3 rings (SSSR count). The molecule has 2 fully saturated rings. The van der Waals surface area contributed by atoms with Gasteiger partial charge in [-0.15, -0.1) is 0 Å². The van der Waals surface area contributed by atoms with Gasteiger partial charge in [-0.25, -0.2) is 8.42 Å². The number of rotatable bonds is 5. The van der Waals surface area contributed by atoms with Crippen LogP contribution in [0.4, 0.5) is 0 Å².